The minimum absolute atomic E-state index is 0.0751. The van der Waals surface area contributed by atoms with Crippen LogP contribution in [0.3, 0.4) is 0 Å². The van der Waals surface area contributed by atoms with E-state index >= 15 is 0 Å². The predicted octanol–water partition coefficient (Wildman–Crippen LogP) is 2.58. The van der Waals surface area contributed by atoms with Crippen LogP contribution in [-0.4, -0.2) is 27.8 Å². The second kappa shape index (κ2) is 7.45. The summed E-state index contributed by atoms with van der Waals surface area (Å²) in [5.74, 6) is 0. The van der Waals surface area contributed by atoms with Crippen molar-refractivity contribution in [1.82, 2.24) is 10.0 Å². The second-order valence-corrected chi connectivity index (χ2v) is 6.92. The van der Waals surface area contributed by atoms with Crippen LogP contribution in [0.25, 0.3) is 0 Å². The van der Waals surface area contributed by atoms with Gasteiger partial charge in [0.25, 0.3) is 0 Å². The molecule has 19 heavy (non-hydrogen) atoms. The van der Waals surface area contributed by atoms with Gasteiger partial charge >= 0.3 is 0 Å². The molecule has 0 heterocycles. The Morgan fingerprint density at radius 2 is 1.95 bits per heavy atom. The van der Waals surface area contributed by atoms with Crippen LogP contribution in [0.4, 0.5) is 0 Å². The molecule has 0 aliphatic heterocycles. The topological polar surface area (TPSA) is 58.2 Å². The second-order valence-electron chi connectivity index (χ2n) is 4.25. The molecular weight excluding hydrogens is 307 g/mol. The molecule has 0 fully saturated rings. The number of halogens is 2. The SMILES string of the molecule is CCC(NCCNS(C)(=O)=O)c1ccc(Cl)cc1Cl. The van der Waals surface area contributed by atoms with Gasteiger partial charge in [-0.2, -0.15) is 0 Å². The van der Waals surface area contributed by atoms with Crippen molar-refractivity contribution in [3.63, 3.8) is 0 Å². The Balaban J connectivity index is 2.58. The van der Waals surface area contributed by atoms with E-state index in [4.69, 9.17) is 23.2 Å². The Bertz CT molecular complexity index is 520. The van der Waals surface area contributed by atoms with E-state index in [1.807, 2.05) is 13.0 Å². The quantitative estimate of drug-likeness (QED) is 0.758. The molecule has 2 N–H and O–H groups in total. The van der Waals surface area contributed by atoms with Gasteiger partial charge in [0.1, 0.15) is 0 Å². The van der Waals surface area contributed by atoms with Crippen LogP contribution in [0, 0.1) is 0 Å². The van der Waals surface area contributed by atoms with Crippen LogP contribution < -0.4 is 10.0 Å². The summed E-state index contributed by atoms with van der Waals surface area (Å²) < 4.78 is 24.3. The minimum atomic E-state index is -3.14. The van der Waals surface area contributed by atoms with Gasteiger partial charge in [0, 0.05) is 29.2 Å². The van der Waals surface area contributed by atoms with Crippen molar-refractivity contribution in [2.24, 2.45) is 0 Å². The third-order valence-corrected chi connectivity index (χ3v) is 3.92. The van der Waals surface area contributed by atoms with Crippen LogP contribution in [0.1, 0.15) is 24.9 Å². The molecule has 0 bridgehead atoms. The zero-order chi connectivity index (χ0) is 14.5. The average Bonchev–Trinajstić information content (AvgIpc) is 2.29. The van der Waals surface area contributed by atoms with Gasteiger partial charge in [-0.25, -0.2) is 13.1 Å². The number of hydrogen-bond acceptors (Lipinski definition) is 3. The fourth-order valence-corrected chi connectivity index (χ4v) is 2.75. The van der Waals surface area contributed by atoms with E-state index in [1.54, 1.807) is 12.1 Å². The Morgan fingerprint density at radius 1 is 1.26 bits per heavy atom. The lowest BCUT2D eigenvalue weighted by atomic mass is 10.0. The van der Waals surface area contributed by atoms with E-state index in [9.17, 15) is 8.42 Å². The summed E-state index contributed by atoms with van der Waals surface area (Å²) in [6, 6.07) is 5.46. The fourth-order valence-electron chi connectivity index (χ4n) is 1.74. The van der Waals surface area contributed by atoms with E-state index in [2.05, 4.69) is 10.0 Å². The molecule has 0 saturated carbocycles. The molecule has 0 spiro atoms. The molecule has 108 valence electrons. The fraction of sp³-hybridized carbons (Fsp3) is 0.500. The minimum Gasteiger partial charge on any atom is -0.309 e. The van der Waals surface area contributed by atoms with Crippen molar-refractivity contribution < 1.29 is 8.42 Å². The molecule has 1 aromatic carbocycles. The highest BCUT2D eigenvalue weighted by Gasteiger charge is 2.12. The summed E-state index contributed by atoms with van der Waals surface area (Å²) in [4.78, 5) is 0. The summed E-state index contributed by atoms with van der Waals surface area (Å²) in [5, 5.41) is 4.48. The number of hydrogen-bond donors (Lipinski definition) is 2. The summed E-state index contributed by atoms with van der Waals surface area (Å²) >= 11 is 12.0. The Kier molecular flexibility index (Phi) is 6.56. The lowest BCUT2D eigenvalue weighted by Gasteiger charge is -2.19. The predicted molar refractivity (Wildman–Crippen MR) is 80.3 cm³/mol. The summed E-state index contributed by atoms with van der Waals surface area (Å²) in [6.07, 6.45) is 1.99. The summed E-state index contributed by atoms with van der Waals surface area (Å²) in [5.41, 5.74) is 0.966. The maximum absolute atomic E-state index is 10.9. The van der Waals surface area contributed by atoms with Crippen LogP contribution in [0.2, 0.25) is 10.0 Å². The average molecular weight is 325 g/mol. The van der Waals surface area contributed by atoms with Gasteiger partial charge in [-0.15, -0.1) is 0 Å². The van der Waals surface area contributed by atoms with Crippen molar-refractivity contribution in [2.75, 3.05) is 19.3 Å². The molecule has 4 nitrogen and oxygen atoms in total. The monoisotopic (exact) mass is 324 g/mol. The van der Waals surface area contributed by atoms with Gasteiger partial charge in [0.2, 0.25) is 10.0 Å². The van der Waals surface area contributed by atoms with Crippen molar-refractivity contribution in [2.45, 2.75) is 19.4 Å². The number of benzene rings is 1. The maximum atomic E-state index is 10.9. The molecule has 0 aromatic heterocycles. The molecule has 7 heteroatoms. The Hall–Kier alpha value is -0.330. The first-order valence-corrected chi connectivity index (χ1v) is 8.61. The highest BCUT2D eigenvalue weighted by atomic mass is 35.5. The van der Waals surface area contributed by atoms with E-state index in [0.717, 1.165) is 18.2 Å². The molecule has 0 aliphatic carbocycles. The number of sulfonamides is 1. The van der Waals surface area contributed by atoms with Crippen LogP contribution >= 0.6 is 23.2 Å². The van der Waals surface area contributed by atoms with Crippen molar-refractivity contribution in [3.05, 3.63) is 33.8 Å². The first-order chi connectivity index (χ1) is 8.83. The highest BCUT2D eigenvalue weighted by Crippen LogP contribution is 2.27. The van der Waals surface area contributed by atoms with Crippen LogP contribution in [-0.2, 0) is 10.0 Å². The van der Waals surface area contributed by atoms with Crippen LogP contribution in [0.15, 0.2) is 18.2 Å². The normalized spacial score (nSPS) is 13.5. The summed E-state index contributed by atoms with van der Waals surface area (Å²) in [6.45, 7) is 2.91. The standard InChI is InChI=1S/C12H18Cl2N2O2S/c1-3-12(15-6-7-16-19(2,17)18)10-5-4-9(13)8-11(10)14/h4-5,8,12,15-16H,3,6-7H2,1-2H3. The van der Waals surface area contributed by atoms with Gasteiger partial charge in [-0.3, -0.25) is 0 Å². The third-order valence-electron chi connectivity index (χ3n) is 2.63. The molecule has 1 atom stereocenters. The molecule has 0 radical (unpaired) electrons. The van der Waals surface area contributed by atoms with E-state index in [-0.39, 0.29) is 6.04 Å². The molecular formula is C12H18Cl2N2O2S. The van der Waals surface area contributed by atoms with Gasteiger partial charge in [0.05, 0.1) is 6.26 Å². The first kappa shape index (κ1) is 16.7. The zero-order valence-electron chi connectivity index (χ0n) is 10.9. The number of rotatable bonds is 7. The van der Waals surface area contributed by atoms with E-state index in [0.29, 0.717) is 23.1 Å². The zero-order valence-corrected chi connectivity index (χ0v) is 13.2. The molecule has 0 aliphatic rings. The van der Waals surface area contributed by atoms with E-state index < -0.39 is 10.0 Å². The van der Waals surface area contributed by atoms with Crippen molar-refractivity contribution in [3.8, 4) is 0 Å². The van der Waals surface area contributed by atoms with E-state index in [1.165, 1.54) is 0 Å². The Morgan fingerprint density at radius 3 is 2.47 bits per heavy atom. The third kappa shape index (κ3) is 6.10. The van der Waals surface area contributed by atoms with Gasteiger partial charge in [0.15, 0.2) is 0 Å². The lowest BCUT2D eigenvalue weighted by molar-refractivity contribution is 0.517. The van der Waals surface area contributed by atoms with Crippen molar-refractivity contribution in [1.29, 1.82) is 0 Å². The van der Waals surface area contributed by atoms with Gasteiger partial charge in [-0.05, 0) is 24.1 Å². The highest BCUT2D eigenvalue weighted by molar-refractivity contribution is 7.88. The lowest BCUT2D eigenvalue weighted by Crippen LogP contribution is -2.33. The molecule has 0 amide bonds. The summed E-state index contributed by atoms with van der Waals surface area (Å²) in [7, 11) is -3.14. The number of nitrogens with one attached hydrogen (secondary N) is 2. The smallest absolute Gasteiger partial charge is 0.208 e. The Labute approximate surface area is 124 Å². The molecule has 1 aromatic rings. The molecule has 1 rings (SSSR count). The van der Waals surface area contributed by atoms with Gasteiger partial charge < -0.3 is 5.32 Å². The molecule has 0 saturated heterocycles. The van der Waals surface area contributed by atoms with Crippen molar-refractivity contribution >= 4 is 33.2 Å². The first-order valence-electron chi connectivity index (χ1n) is 5.96. The molecule has 1 unspecified atom stereocenters. The van der Waals surface area contributed by atoms with Crippen LogP contribution in [0.5, 0.6) is 0 Å². The van der Waals surface area contributed by atoms with Gasteiger partial charge in [-0.1, -0.05) is 36.2 Å². The maximum Gasteiger partial charge on any atom is 0.208 e. The largest absolute Gasteiger partial charge is 0.309 e.